The normalized spacial score (nSPS) is 13.4. The van der Waals surface area contributed by atoms with E-state index in [2.05, 4.69) is 26.2 Å². The van der Waals surface area contributed by atoms with E-state index in [-0.39, 0.29) is 0 Å². The monoisotopic (exact) mass is 303 g/mol. The van der Waals surface area contributed by atoms with Gasteiger partial charge in [-0.3, -0.25) is 0 Å². The lowest BCUT2D eigenvalue weighted by Gasteiger charge is -2.09. The van der Waals surface area contributed by atoms with E-state index in [1.165, 1.54) is 17.7 Å². The fourth-order valence-electron chi connectivity index (χ4n) is 2.37. The summed E-state index contributed by atoms with van der Waals surface area (Å²) in [6.45, 7) is 0. The molecule has 0 saturated carbocycles. The molecule has 0 atom stereocenters. The fraction of sp³-hybridized carbons (Fsp3) is 0.286. The Kier molecular flexibility index (Phi) is 3.04. The third-order valence-corrected chi connectivity index (χ3v) is 3.80. The molecular weight excluding hydrogens is 290 g/mol. The summed E-state index contributed by atoms with van der Waals surface area (Å²) in [7, 11) is 1.92. The van der Waals surface area contributed by atoms with Gasteiger partial charge in [0, 0.05) is 28.3 Å². The van der Waals surface area contributed by atoms with Gasteiger partial charge < -0.3 is 5.32 Å². The second kappa shape index (κ2) is 4.69. The van der Waals surface area contributed by atoms with Crippen LogP contribution < -0.4 is 5.32 Å². The van der Waals surface area contributed by atoms with Crippen LogP contribution in [-0.4, -0.2) is 17.0 Å². The van der Waals surface area contributed by atoms with Gasteiger partial charge in [0.05, 0.1) is 0 Å². The average molecular weight is 304 g/mol. The Balaban J connectivity index is 2.10. The Morgan fingerprint density at radius 1 is 1.11 bits per heavy atom. The van der Waals surface area contributed by atoms with Crippen LogP contribution in [-0.2, 0) is 12.8 Å². The van der Waals surface area contributed by atoms with Crippen LogP contribution in [0.15, 0.2) is 28.7 Å². The maximum Gasteiger partial charge on any atom is 0.161 e. The third-order valence-electron chi connectivity index (χ3n) is 3.27. The van der Waals surface area contributed by atoms with Crippen molar-refractivity contribution in [1.82, 2.24) is 9.97 Å². The topological polar surface area (TPSA) is 37.8 Å². The number of halogens is 1. The van der Waals surface area contributed by atoms with Gasteiger partial charge in [0.25, 0.3) is 0 Å². The van der Waals surface area contributed by atoms with Crippen LogP contribution >= 0.6 is 15.9 Å². The maximum atomic E-state index is 4.70. The van der Waals surface area contributed by atoms with E-state index in [1.54, 1.807) is 0 Å². The van der Waals surface area contributed by atoms with Gasteiger partial charge in [-0.1, -0.05) is 28.1 Å². The molecule has 4 heteroatoms. The predicted molar refractivity (Wildman–Crippen MR) is 76.7 cm³/mol. The smallest absolute Gasteiger partial charge is 0.161 e. The molecule has 0 spiro atoms. The second-order valence-electron chi connectivity index (χ2n) is 4.43. The van der Waals surface area contributed by atoms with Crippen molar-refractivity contribution in [2.45, 2.75) is 19.3 Å². The molecule has 0 fully saturated rings. The van der Waals surface area contributed by atoms with Crippen LogP contribution in [0.5, 0.6) is 0 Å². The molecule has 1 N–H and O–H groups in total. The summed E-state index contributed by atoms with van der Waals surface area (Å²) in [6, 6.07) is 8.12. The first-order chi connectivity index (χ1) is 8.78. The van der Waals surface area contributed by atoms with Gasteiger partial charge >= 0.3 is 0 Å². The number of anilines is 1. The third kappa shape index (κ3) is 2.01. The lowest BCUT2D eigenvalue weighted by Crippen LogP contribution is -2.03. The van der Waals surface area contributed by atoms with Crippen molar-refractivity contribution in [3.8, 4) is 11.4 Å². The molecule has 0 saturated heterocycles. The first-order valence-electron chi connectivity index (χ1n) is 6.11. The molecule has 1 aromatic heterocycles. The van der Waals surface area contributed by atoms with Crippen molar-refractivity contribution in [2.24, 2.45) is 0 Å². The standard InChI is InChI=1S/C14H14BrN3/c1-16-14-11-3-2-4-12(11)17-13(18-14)9-5-7-10(15)8-6-9/h5-8H,2-4H2,1H3,(H,16,17,18). The van der Waals surface area contributed by atoms with Gasteiger partial charge in [0.1, 0.15) is 5.82 Å². The lowest BCUT2D eigenvalue weighted by molar-refractivity contribution is 0.900. The van der Waals surface area contributed by atoms with Gasteiger partial charge in [0.2, 0.25) is 0 Å². The van der Waals surface area contributed by atoms with Crippen molar-refractivity contribution >= 4 is 21.7 Å². The number of nitrogens with one attached hydrogen (secondary N) is 1. The Labute approximate surface area is 115 Å². The van der Waals surface area contributed by atoms with Crippen LogP contribution in [0.1, 0.15) is 17.7 Å². The van der Waals surface area contributed by atoms with Crippen LogP contribution in [0.4, 0.5) is 5.82 Å². The first kappa shape index (κ1) is 11.7. The minimum Gasteiger partial charge on any atom is -0.373 e. The van der Waals surface area contributed by atoms with Gasteiger partial charge in [-0.15, -0.1) is 0 Å². The van der Waals surface area contributed by atoms with E-state index in [1.807, 2.05) is 31.3 Å². The van der Waals surface area contributed by atoms with Crippen LogP contribution in [0, 0.1) is 0 Å². The maximum absolute atomic E-state index is 4.70. The highest BCUT2D eigenvalue weighted by Gasteiger charge is 2.19. The van der Waals surface area contributed by atoms with Gasteiger partial charge in [-0.05, 0) is 31.4 Å². The molecule has 18 heavy (non-hydrogen) atoms. The van der Waals surface area contributed by atoms with Crippen molar-refractivity contribution in [3.63, 3.8) is 0 Å². The van der Waals surface area contributed by atoms with E-state index in [9.17, 15) is 0 Å². The van der Waals surface area contributed by atoms with Crippen molar-refractivity contribution in [2.75, 3.05) is 12.4 Å². The number of hydrogen-bond acceptors (Lipinski definition) is 3. The molecule has 3 nitrogen and oxygen atoms in total. The average Bonchev–Trinajstić information content (AvgIpc) is 2.86. The molecule has 1 heterocycles. The van der Waals surface area contributed by atoms with Crippen molar-refractivity contribution < 1.29 is 0 Å². The minimum absolute atomic E-state index is 0.813. The van der Waals surface area contributed by atoms with Gasteiger partial charge in [-0.25, -0.2) is 9.97 Å². The molecule has 1 aromatic carbocycles. The van der Waals surface area contributed by atoms with Crippen LogP contribution in [0.3, 0.4) is 0 Å². The molecule has 1 aliphatic rings. The molecular formula is C14H14BrN3. The Morgan fingerprint density at radius 3 is 2.61 bits per heavy atom. The molecule has 0 aliphatic heterocycles. The van der Waals surface area contributed by atoms with E-state index in [4.69, 9.17) is 4.98 Å². The van der Waals surface area contributed by atoms with E-state index in [0.717, 1.165) is 34.5 Å². The summed E-state index contributed by atoms with van der Waals surface area (Å²) >= 11 is 3.44. The number of benzene rings is 1. The zero-order valence-electron chi connectivity index (χ0n) is 10.2. The molecule has 0 radical (unpaired) electrons. The zero-order chi connectivity index (χ0) is 12.5. The number of hydrogen-bond donors (Lipinski definition) is 1. The van der Waals surface area contributed by atoms with Crippen LogP contribution in [0.2, 0.25) is 0 Å². The van der Waals surface area contributed by atoms with Crippen molar-refractivity contribution in [1.29, 1.82) is 0 Å². The van der Waals surface area contributed by atoms with E-state index in [0.29, 0.717) is 0 Å². The molecule has 1 aliphatic carbocycles. The minimum atomic E-state index is 0.813. The number of fused-ring (bicyclic) bond motifs is 1. The molecule has 92 valence electrons. The number of rotatable bonds is 2. The van der Waals surface area contributed by atoms with Gasteiger partial charge in [0.15, 0.2) is 5.82 Å². The Morgan fingerprint density at radius 2 is 1.89 bits per heavy atom. The summed E-state index contributed by atoms with van der Waals surface area (Å²) in [5, 5.41) is 3.19. The quantitative estimate of drug-likeness (QED) is 0.923. The van der Waals surface area contributed by atoms with E-state index < -0.39 is 0 Å². The largest absolute Gasteiger partial charge is 0.373 e. The fourth-order valence-corrected chi connectivity index (χ4v) is 2.63. The summed E-state index contributed by atoms with van der Waals surface area (Å²) in [5.41, 5.74) is 3.55. The summed E-state index contributed by atoms with van der Waals surface area (Å²) in [6.07, 6.45) is 3.34. The van der Waals surface area contributed by atoms with Crippen LogP contribution in [0.25, 0.3) is 11.4 Å². The summed E-state index contributed by atoms with van der Waals surface area (Å²) in [5.74, 6) is 1.79. The molecule has 0 unspecified atom stereocenters. The predicted octanol–water partition coefficient (Wildman–Crippen LogP) is 3.44. The highest BCUT2D eigenvalue weighted by Crippen LogP contribution is 2.29. The number of aryl methyl sites for hydroxylation is 1. The second-order valence-corrected chi connectivity index (χ2v) is 5.35. The Hall–Kier alpha value is -1.42. The Bertz CT molecular complexity index is 578. The van der Waals surface area contributed by atoms with Gasteiger partial charge in [-0.2, -0.15) is 0 Å². The molecule has 2 aromatic rings. The zero-order valence-corrected chi connectivity index (χ0v) is 11.8. The van der Waals surface area contributed by atoms with Crippen molar-refractivity contribution in [3.05, 3.63) is 40.0 Å². The summed E-state index contributed by atoms with van der Waals surface area (Å²) in [4.78, 5) is 9.32. The molecule has 3 rings (SSSR count). The highest BCUT2D eigenvalue weighted by atomic mass is 79.9. The molecule has 0 amide bonds. The van der Waals surface area contributed by atoms with E-state index >= 15 is 0 Å². The lowest BCUT2D eigenvalue weighted by atomic mass is 10.2. The first-order valence-corrected chi connectivity index (χ1v) is 6.90. The molecule has 0 bridgehead atoms. The number of aromatic nitrogens is 2. The number of nitrogens with zero attached hydrogens (tertiary/aromatic N) is 2. The summed E-state index contributed by atoms with van der Waals surface area (Å²) < 4.78 is 1.07. The highest BCUT2D eigenvalue weighted by molar-refractivity contribution is 9.10. The SMILES string of the molecule is CNc1nc(-c2ccc(Br)cc2)nc2c1CCC2.